The quantitative estimate of drug-likeness (QED) is 0.561. The molecule has 0 saturated heterocycles. The zero-order valence-corrected chi connectivity index (χ0v) is 14.8. The lowest BCUT2D eigenvalue weighted by molar-refractivity contribution is 0.173. The predicted octanol–water partition coefficient (Wildman–Crippen LogP) is 2.82. The van der Waals surface area contributed by atoms with Crippen LogP contribution < -0.4 is 24.8 Å². The third-order valence-corrected chi connectivity index (χ3v) is 4.36. The third kappa shape index (κ3) is 4.08. The minimum Gasteiger partial charge on any atom is -0.492 e. The molecule has 3 N–H and O–H groups in total. The molecule has 7 nitrogen and oxygen atoms in total. The lowest BCUT2D eigenvalue weighted by Crippen LogP contribution is -2.38. The molecule has 2 amide bonds. The fourth-order valence-electron chi connectivity index (χ4n) is 3.01. The summed E-state index contributed by atoms with van der Waals surface area (Å²) in [5.74, 6) is 2.08. The Labute approximate surface area is 156 Å². The summed E-state index contributed by atoms with van der Waals surface area (Å²) < 4.78 is 16.2. The topological polar surface area (TPSA) is 84.6 Å². The van der Waals surface area contributed by atoms with Gasteiger partial charge in [-0.05, 0) is 30.2 Å². The van der Waals surface area contributed by atoms with E-state index in [0.717, 1.165) is 17.7 Å². The van der Waals surface area contributed by atoms with Crippen LogP contribution in [-0.4, -0.2) is 37.5 Å². The van der Waals surface area contributed by atoms with E-state index in [1.807, 2.05) is 36.5 Å². The smallest absolute Gasteiger partial charge is 0.314 e. The van der Waals surface area contributed by atoms with Crippen LogP contribution in [0.3, 0.4) is 0 Å². The van der Waals surface area contributed by atoms with Crippen molar-refractivity contribution < 1.29 is 19.0 Å². The van der Waals surface area contributed by atoms with Crippen molar-refractivity contribution in [3.63, 3.8) is 0 Å². The molecule has 0 fully saturated rings. The van der Waals surface area contributed by atoms with Gasteiger partial charge in [-0.3, -0.25) is 0 Å². The van der Waals surface area contributed by atoms with Gasteiger partial charge in [0.25, 0.3) is 0 Å². The van der Waals surface area contributed by atoms with E-state index in [4.69, 9.17) is 14.2 Å². The zero-order chi connectivity index (χ0) is 18.5. The highest BCUT2D eigenvalue weighted by Gasteiger charge is 2.13. The second kappa shape index (κ2) is 7.90. The Morgan fingerprint density at radius 1 is 1.07 bits per heavy atom. The fraction of sp³-hybridized carbons (Fsp3) is 0.250. The highest BCUT2D eigenvalue weighted by Crippen LogP contribution is 2.34. The summed E-state index contributed by atoms with van der Waals surface area (Å²) >= 11 is 0. The van der Waals surface area contributed by atoms with Gasteiger partial charge in [-0.1, -0.05) is 18.2 Å². The fourth-order valence-corrected chi connectivity index (χ4v) is 3.01. The van der Waals surface area contributed by atoms with Crippen LogP contribution in [0.1, 0.15) is 5.56 Å². The normalized spacial score (nSPS) is 12.1. The van der Waals surface area contributed by atoms with Crippen LogP contribution in [0, 0.1) is 0 Å². The number of nitrogens with one attached hydrogen (secondary N) is 3. The Hall–Kier alpha value is -3.35. The van der Waals surface area contributed by atoms with Crippen molar-refractivity contribution in [3.05, 3.63) is 54.2 Å². The number of benzene rings is 2. The predicted molar refractivity (Wildman–Crippen MR) is 101 cm³/mol. The number of ether oxygens (including phenoxy) is 3. The lowest BCUT2D eigenvalue weighted by Gasteiger charge is -2.09. The molecule has 4 rings (SSSR count). The monoisotopic (exact) mass is 367 g/mol. The molecule has 3 aromatic rings. The Morgan fingerprint density at radius 3 is 2.89 bits per heavy atom. The molecule has 0 saturated carbocycles. The Morgan fingerprint density at radius 2 is 1.93 bits per heavy atom. The lowest BCUT2D eigenvalue weighted by atomic mass is 10.1. The van der Waals surface area contributed by atoms with E-state index in [1.54, 1.807) is 6.07 Å². The molecule has 0 atom stereocenters. The van der Waals surface area contributed by atoms with Gasteiger partial charge < -0.3 is 29.8 Å². The number of urea groups is 1. The number of aromatic nitrogens is 1. The molecule has 0 bridgehead atoms. The standard InChI is InChI=1S/C20H21N3O4/c24-20(21-8-7-14-12-23-17-4-2-1-3-16(14)17)22-9-10-25-15-5-6-18-19(11-15)27-13-26-18/h1-6,11-12,23H,7-10,13H2,(H2,21,22,24). The molecule has 2 heterocycles. The first kappa shape index (κ1) is 17.1. The molecule has 0 unspecified atom stereocenters. The van der Waals surface area contributed by atoms with Crippen LogP contribution in [0.25, 0.3) is 10.9 Å². The van der Waals surface area contributed by atoms with Crippen molar-refractivity contribution in [2.45, 2.75) is 6.42 Å². The average Bonchev–Trinajstić information content (AvgIpc) is 3.32. The van der Waals surface area contributed by atoms with E-state index in [0.29, 0.717) is 31.2 Å². The summed E-state index contributed by atoms with van der Waals surface area (Å²) in [7, 11) is 0. The number of amides is 2. The van der Waals surface area contributed by atoms with Crippen molar-refractivity contribution in [3.8, 4) is 17.2 Å². The molecule has 0 radical (unpaired) electrons. The largest absolute Gasteiger partial charge is 0.492 e. The van der Waals surface area contributed by atoms with Gasteiger partial charge in [0.1, 0.15) is 12.4 Å². The van der Waals surface area contributed by atoms with Crippen LogP contribution in [0.2, 0.25) is 0 Å². The van der Waals surface area contributed by atoms with Gasteiger partial charge in [0.15, 0.2) is 11.5 Å². The molecule has 1 aromatic heterocycles. The zero-order valence-electron chi connectivity index (χ0n) is 14.8. The first-order chi connectivity index (χ1) is 13.3. The van der Waals surface area contributed by atoms with Crippen molar-refractivity contribution in [1.29, 1.82) is 0 Å². The second-order valence-electron chi connectivity index (χ2n) is 6.16. The van der Waals surface area contributed by atoms with E-state index in [-0.39, 0.29) is 12.8 Å². The number of rotatable bonds is 7. The van der Waals surface area contributed by atoms with Crippen molar-refractivity contribution in [1.82, 2.24) is 15.6 Å². The maximum atomic E-state index is 11.9. The summed E-state index contributed by atoms with van der Waals surface area (Å²) in [4.78, 5) is 15.1. The summed E-state index contributed by atoms with van der Waals surface area (Å²) in [5.41, 5.74) is 2.30. The number of fused-ring (bicyclic) bond motifs is 2. The summed E-state index contributed by atoms with van der Waals surface area (Å²) in [6.07, 6.45) is 2.76. The molecule has 0 aliphatic carbocycles. The average molecular weight is 367 g/mol. The Bertz CT molecular complexity index is 938. The number of aromatic amines is 1. The van der Waals surface area contributed by atoms with Crippen molar-refractivity contribution >= 4 is 16.9 Å². The van der Waals surface area contributed by atoms with Crippen LogP contribution in [-0.2, 0) is 6.42 Å². The first-order valence-electron chi connectivity index (χ1n) is 8.89. The highest BCUT2D eigenvalue weighted by atomic mass is 16.7. The van der Waals surface area contributed by atoms with Gasteiger partial charge in [-0.25, -0.2) is 4.79 Å². The maximum absolute atomic E-state index is 11.9. The minimum atomic E-state index is -0.205. The molecule has 2 aromatic carbocycles. The van der Waals surface area contributed by atoms with Gasteiger partial charge in [-0.2, -0.15) is 0 Å². The van der Waals surface area contributed by atoms with Gasteiger partial charge in [0.05, 0.1) is 6.54 Å². The van der Waals surface area contributed by atoms with Gasteiger partial charge >= 0.3 is 6.03 Å². The molecule has 7 heteroatoms. The molecule has 1 aliphatic heterocycles. The van der Waals surface area contributed by atoms with Gasteiger partial charge in [0.2, 0.25) is 6.79 Å². The number of H-pyrrole nitrogens is 1. The van der Waals surface area contributed by atoms with E-state index >= 15 is 0 Å². The Kier molecular flexibility index (Phi) is 5.00. The SMILES string of the molecule is O=C(NCCOc1ccc2c(c1)OCO2)NCCc1c[nH]c2ccccc12. The Balaban J connectivity index is 1.15. The van der Waals surface area contributed by atoms with E-state index < -0.39 is 0 Å². The molecule has 0 spiro atoms. The van der Waals surface area contributed by atoms with Crippen LogP contribution in [0.5, 0.6) is 17.2 Å². The number of para-hydroxylation sites is 1. The summed E-state index contributed by atoms with van der Waals surface area (Å²) in [6.45, 7) is 1.58. The number of carbonyl (C=O) groups is 1. The van der Waals surface area contributed by atoms with Crippen LogP contribution >= 0.6 is 0 Å². The number of hydrogen-bond acceptors (Lipinski definition) is 4. The first-order valence-corrected chi connectivity index (χ1v) is 8.89. The molecular weight excluding hydrogens is 346 g/mol. The summed E-state index contributed by atoms with van der Waals surface area (Å²) in [6, 6.07) is 13.3. The number of hydrogen-bond donors (Lipinski definition) is 3. The van der Waals surface area contributed by atoms with Crippen molar-refractivity contribution in [2.24, 2.45) is 0 Å². The summed E-state index contributed by atoms with van der Waals surface area (Å²) in [5, 5.41) is 6.84. The van der Waals surface area contributed by atoms with E-state index in [2.05, 4.69) is 21.7 Å². The molecule has 1 aliphatic rings. The van der Waals surface area contributed by atoms with Crippen LogP contribution in [0.4, 0.5) is 4.79 Å². The highest BCUT2D eigenvalue weighted by molar-refractivity contribution is 5.83. The maximum Gasteiger partial charge on any atom is 0.314 e. The molecule has 140 valence electrons. The van der Waals surface area contributed by atoms with Gasteiger partial charge in [0, 0.05) is 29.7 Å². The molecular formula is C20H21N3O4. The second-order valence-corrected chi connectivity index (χ2v) is 6.16. The van der Waals surface area contributed by atoms with E-state index in [9.17, 15) is 4.79 Å². The van der Waals surface area contributed by atoms with Crippen molar-refractivity contribution in [2.75, 3.05) is 26.5 Å². The minimum absolute atomic E-state index is 0.205. The van der Waals surface area contributed by atoms with Gasteiger partial charge in [-0.15, -0.1) is 0 Å². The third-order valence-electron chi connectivity index (χ3n) is 4.36. The number of carbonyl (C=O) groups excluding carboxylic acids is 1. The van der Waals surface area contributed by atoms with E-state index in [1.165, 1.54) is 10.9 Å². The van der Waals surface area contributed by atoms with Crippen LogP contribution in [0.15, 0.2) is 48.7 Å². The molecule has 27 heavy (non-hydrogen) atoms.